The van der Waals surface area contributed by atoms with E-state index in [0.29, 0.717) is 32.7 Å². The van der Waals surface area contributed by atoms with E-state index < -0.39 is 28.5 Å². The van der Waals surface area contributed by atoms with Gasteiger partial charge in [0, 0.05) is 13.1 Å². The van der Waals surface area contributed by atoms with Gasteiger partial charge < -0.3 is 4.74 Å². The van der Waals surface area contributed by atoms with Crippen LogP contribution >= 0.6 is 0 Å². The van der Waals surface area contributed by atoms with Gasteiger partial charge in [0.1, 0.15) is 11.6 Å². The van der Waals surface area contributed by atoms with Gasteiger partial charge in [0.15, 0.2) is 5.78 Å². The number of rotatable bonds is 4. The topological polar surface area (TPSA) is 29.5 Å². The number of morpholine rings is 1. The molecule has 1 unspecified atom stereocenters. The summed E-state index contributed by atoms with van der Waals surface area (Å²) in [4.78, 5) is 14.8. The first-order valence-electron chi connectivity index (χ1n) is 7.24. The van der Waals surface area contributed by atoms with Gasteiger partial charge in [-0.1, -0.05) is 13.0 Å². The fraction of sp³-hybridized carbons (Fsp3) is 0.562. The van der Waals surface area contributed by atoms with Crippen molar-refractivity contribution in [2.75, 3.05) is 26.3 Å². The highest BCUT2D eigenvalue weighted by atomic mass is 19.1. The third-order valence-corrected chi connectivity index (χ3v) is 4.40. The average molecular weight is 297 g/mol. The second-order valence-corrected chi connectivity index (χ2v) is 5.61. The smallest absolute Gasteiger partial charge is 0.188 e. The van der Waals surface area contributed by atoms with Crippen LogP contribution in [0.5, 0.6) is 0 Å². The van der Waals surface area contributed by atoms with Gasteiger partial charge in [0.2, 0.25) is 0 Å². The minimum atomic E-state index is -0.917. The zero-order chi connectivity index (χ0) is 15.6. The standard InChI is InChI=1S/C16H21F2NO2/c1-4-16(3,19-7-9-21-10-8-19)15(20)13-12(17)6-5-11(2)14(13)18/h5-6H,4,7-10H2,1-3H3. The number of hydrogen-bond donors (Lipinski definition) is 0. The van der Waals surface area contributed by atoms with Crippen LogP contribution in [0.2, 0.25) is 0 Å². The first-order valence-corrected chi connectivity index (χ1v) is 7.24. The maximum Gasteiger partial charge on any atom is 0.188 e. The zero-order valence-electron chi connectivity index (χ0n) is 12.7. The van der Waals surface area contributed by atoms with Gasteiger partial charge in [-0.25, -0.2) is 8.78 Å². The lowest BCUT2D eigenvalue weighted by Crippen LogP contribution is -2.56. The molecule has 0 amide bonds. The van der Waals surface area contributed by atoms with Crippen LogP contribution in [-0.2, 0) is 4.74 Å². The van der Waals surface area contributed by atoms with E-state index in [1.165, 1.54) is 13.0 Å². The molecule has 1 saturated heterocycles. The Hall–Kier alpha value is -1.33. The number of nitrogens with zero attached hydrogens (tertiary/aromatic N) is 1. The Balaban J connectivity index is 2.43. The van der Waals surface area contributed by atoms with E-state index in [2.05, 4.69) is 0 Å². The van der Waals surface area contributed by atoms with Crippen LogP contribution in [0.3, 0.4) is 0 Å². The summed E-state index contributed by atoms with van der Waals surface area (Å²) in [6.07, 6.45) is 0.485. The van der Waals surface area contributed by atoms with E-state index in [1.54, 1.807) is 6.92 Å². The van der Waals surface area contributed by atoms with Gasteiger partial charge in [0.25, 0.3) is 0 Å². The van der Waals surface area contributed by atoms with E-state index in [0.717, 1.165) is 6.07 Å². The summed E-state index contributed by atoms with van der Waals surface area (Å²) in [7, 11) is 0. The van der Waals surface area contributed by atoms with Gasteiger partial charge in [-0.05, 0) is 31.9 Å². The molecule has 0 saturated carbocycles. The van der Waals surface area contributed by atoms with Crippen LogP contribution in [0.15, 0.2) is 12.1 Å². The van der Waals surface area contributed by atoms with Crippen LogP contribution in [0, 0.1) is 18.6 Å². The molecule has 1 aliphatic heterocycles. The Kier molecular flexibility index (Phi) is 4.74. The molecule has 1 aromatic rings. The number of carbonyl (C=O) groups excluding carboxylic acids is 1. The van der Waals surface area contributed by atoms with Crippen molar-refractivity contribution in [3.05, 3.63) is 34.9 Å². The fourth-order valence-electron chi connectivity index (χ4n) is 2.72. The molecule has 3 nitrogen and oxygen atoms in total. The molecule has 1 fully saturated rings. The number of carbonyl (C=O) groups is 1. The van der Waals surface area contributed by atoms with Crippen molar-refractivity contribution in [3.63, 3.8) is 0 Å². The van der Waals surface area contributed by atoms with E-state index in [-0.39, 0.29) is 5.56 Å². The van der Waals surface area contributed by atoms with E-state index in [1.807, 2.05) is 11.8 Å². The van der Waals surface area contributed by atoms with Crippen LogP contribution in [0.1, 0.15) is 36.2 Å². The van der Waals surface area contributed by atoms with E-state index in [4.69, 9.17) is 4.74 Å². The predicted octanol–water partition coefficient (Wildman–Crippen LogP) is 2.96. The number of hydrogen-bond acceptors (Lipinski definition) is 3. The number of ketones is 1. The second kappa shape index (κ2) is 6.20. The minimum absolute atomic E-state index is 0.278. The molecule has 1 aliphatic rings. The number of aryl methyl sites for hydroxylation is 1. The SMILES string of the molecule is CCC(C)(C(=O)c1c(F)ccc(C)c1F)N1CCOCC1. The molecule has 5 heteroatoms. The predicted molar refractivity (Wildman–Crippen MR) is 76.5 cm³/mol. The molecule has 0 aliphatic carbocycles. The maximum atomic E-state index is 14.2. The largest absolute Gasteiger partial charge is 0.379 e. The molecule has 0 aromatic heterocycles. The molecule has 1 heterocycles. The number of halogens is 2. The lowest BCUT2D eigenvalue weighted by atomic mass is 9.85. The third kappa shape index (κ3) is 2.85. The van der Waals surface area contributed by atoms with Crippen LogP contribution in [-0.4, -0.2) is 42.5 Å². The summed E-state index contributed by atoms with van der Waals surface area (Å²) in [5, 5.41) is 0. The van der Waals surface area contributed by atoms with Crippen molar-refractivity contribution in [1.82, 2.24) is 4.90 Å². The lowest BCUT2D eigenvalue weighted by Gasteiger charge is -2.41. The van der Waals surface area contributed by atoms with Gasteiger partial charge in [0.05, 0.1) is 24.3 Å². The van der Waals surface area contributed by atoms with Crippen molar-refractivity contribution < 1.29 is 18.3 Å². The van der Waals surface area contributed by atoms with Crippen molar-refractivity contribution in [2.24, 2.45) is 0 Å². The Labute approximate surface area is 123 Å². The summed E-state index contributed by atoms with van der Waals surface area (Å²) in [6, 6.07) is 2.50. The Morgan fingerprint density at radius 3 is 2.52 bits per heavy atom. The quantitative estimate of drug-likeness (QED) is 0.800. The molecule has 2 rings (SSSR count). The Bertz CT molecular complexity index is 541. The van der Waals surface area contributed by atoms with Gasteiger partial charge in [-0.2, -0.15) is 0 Å². The number of benzene rings is 1. The summed E-state index contributed by atoms with van der Waals surface area (Å²) in [6.45, 7) is 7.38. The van der Waals surface area contributed by atoms with Gasteiger partial charge in [-0.3, -0.25) is 9.69 Å². The fourth-order valence-corrected chi connectivity index (χ4v) is 2.72. The summed E-state index contributed by atoms with van der Waals surface area (Å²) in [5.41, 5.74) is -1.06. The molecule has 0 radical (unpaired) electrons. The summed E-state index contributed by atoms with van der Waals surface area (Å²) in [5.74, 6) is -2.05. The molecule has 0 N–H and O–H groups in total. The van der Waals surface area contributed by atoms with Gasteiger partial charge in [-0.15, -0.1) is 0 Å². The maximum absolute atomic E-state index is 14.2. The van der Waals surface area contributed by atoms with Crippen molar-refractivity contribution >= 4 is 5.78 Å². The monoisotopic (exact) mass is 297 g/mol. The van der Waals surface area contributed by atoms with E-state index in [9.17, 15) is 13.6 Å². The van der Waals surface area contributed by atoms with Crippen LogP contribution in [0.25, 0.3) is 0 Å². The Morgan fingerprint density at radius 2 is 1.95 bits per heavy atom. The minimum Gasteiger partial charge on any atom is -0.379 e. The molecular formula is C16H21F2NO2. The van der Waals surface area contributed by atoms with Crippen LogP contribution in [0.4, 0.5) is 8.78 Å². The normalized spacial score (nSPS) is 19.3. The zero-order valence-corrected chi connectivity index (χ0v) is 12.7. The van der Waals surface area contributed by atoms with Crippen molar-refractivity contribution in [1.29, 1.82) is 0 Å². The van der Waals surface area contributed by atoms with E-state index >= 15 is 0 Å². The first-order chi connectivity index (χ1) is 9.91. The van der Waals surface area contributed by atoms with Gasteiger partial charge >= 0.3 is 0 Å². The molecule has 0 spiro atoms. The highest BCUT2D eigenvalue weighted by Crippen LogP contribution is 2.29. The second-order valence-electron chi connectivity index (χ2n) is 5.61. The highest BCUT2D eigenvalue weighted by molar-refractivity contribution is 6.03. The summed E-state index contributed by atoms with van der Waals surface area (Å²) >= 11 is 0. The lowest BCUT2D eigenvalue weighted by molar-refractivity contribution is -0.0109. The Morgan fingerprint density at radius 1 is 1.33 bits per heavy atom. The van der Waals surface area contributed by atoms with Crippen molar-refractivity contribution in [3.8, 4) is 0 Å². The molecule has 0 bridgehead atoms. The average Bonchev–Trinajstić information content (AvgIpc) is 2.51. The molecule has 1 aromatic carbocycles. The molecule has 21 heavy (non-hydrogen) atoms. The molecular weight excluding hydrogens is 276 g/mol. The van der Waals surface area contributed by atoms with Crippen LogP contribution < -0.4 is 0 Å². The third-order valence-electron chi connectivity index (χ3n) is 4.40. The number of ether oxygens (including phenoxy) is 1. The molecule has 1 atom stereocenters. The molecule has 116 valence electrons. The summed E-state index contributed by atoms with van der Waals surface area (Å²) < 4.78 is 33.5. The first kappa shape index (κ1) is 16.0. The highest BCUT2D eigenvalue weighted by Gasteiger charge is 2.41. The number of Topliss-reactive ketones (excluding diaryl/α,β-unsaturated/α-hetero) is 1. The van der Waals surface area contributed by atoms with Crippen molar-refractivity contribution in [2.45, 2.75) is 32.7 Å².